The Bertz CT molecular complexity index is 427. The molecule has 1 atom stereocenters. The van der Waals surface area contributed by atoms with Crippen LogP contribution in [0.5, 0.6) is 0 Å². The molecule has 1 amide bonds. The lowest BCUT2D eigenvalue weighted by molar-refractivity contribution is -0.137. The summed E-state index contributed by atoms with van der Waals surface area (Å²) in [6, 6.07) is 4.29. The molecule has 0 N–H and O–H groups in total. The van der Waals surface area contributed by atoms with Crippen molar-refractivity contribution in [2.45, 2.75) is 25.8 Å². The van der Waals surface area contributed by atoms with Crippen molar-refractivity contribution in [3.05, 3.63) is 22.4 Å². The van der Waals surface area contributed by atoms with E-state index in [1.807, 2.05) is 23.3 Å². The molecule has 1 aromatic rings. The van der Waals surface area contributed by atoms with Gasteiger partial charge in [-0.25, -0.2) is 0 Å². The number of likely N-dealkylation sites (tertiary alicyclic amines) is 2. The maximum atomic E-state index is 12.3. The second-order valence-corrected chi connectivity index (χ2v) is 6.68. The van der Waals surface area contributed by atoms with Crippen molar-refractivity contribution in [3.63, 3.8) is 0 Å². The highest BCUT2D eigenvalue weighted by Crippen LogP contribution is 2.39. The first kappa shape index (κ1) is 12.2. The van der Waals surface area contributed by atoms with Crippen LogP contribution < -0.4 is 0 Å². The quantitative estimate of drug-likeness (QED) is 0.817. The van der Waals surface area contributed by atoms with Gasteiger partial charge in [-0.3, -0.25) is 9.69 Å². The van der Waals surface area contributed by atoms with Crippen LogP contribution >= 0.6 is 11.3 Å². The molecule has 98 valence electrons. The van der Waals surface area contributed by atoms with Gasteiger partial charge < -0.3 is 4.90 Å². The summed E-state index contributed by atoms with van der Waals surface area (Å²) in [6.45, 7) is 4.03. The molecule has 0 bridgehead atoms. The van der Waals surface area contributed by atoms with Gasteiger partial charge in [-0.15, -0.1) is 11.3 Å². The zero-order valence-corrected chi connectivity index (χ0v) is 11.7. The van der Waals surface area contributed by atoms with Gasteiger partial charge in [0.05, 0.1) is 5.41 Å². The molecule has 0 unspecified atom stereocenters. The van der Waals surface area contributed by atoms with Crippen molar-refractivity contribution >= 4 is 17.2 Å². The number of amides is 1. The van der Waals surface area contributed by atoms with Crippen LogP contribution in [0.2, 0.25) is 0 Å². The SMILES string of the molecule is CN1CC[C@]2(CCCN(Cc3cccs3)C2)C1=O. The van der Waals surface area contributed by atoms with Crippen LogP contribution in [-0.2, 0) is 11.3 Å². The van der Waals surface area contributed by atoms with Crippen molar-refractivity contribution in [1.29, 1.82) is 0 Å². The number of carbonyl (C=O) groups is 1. The van der Waals surface area contributed by atoms with Crippen molar-refractivity contribution in [3.8, 4) is 0 Å². The third-order valence-electron chi connectivity index (χ3n) is 4.34. The van der Waals surface area contributed by atoms with E-state index in [1.165, 1.54) is 4.88 Å². The summed E-state index contributed by atoms with van der Waals surface area (Å²) < 4.78 is 0. The van der Waals surface area contributed by atoms with Crippen LogP contribution in [0.3, 0.4) is 0 Å². The fraction of sp³-hybridized carbons (Fsp3) is 0.643. The average molecular weight is 264 g/mol. The monoisotopic (exact) mass is 264 g/mol. The highest BCUT2D eigenvalue weighted by molar-refractivity contribution is 7.09. The number of thiophene rings is 1. The first-order valence-corrected chi connectivity index (χ1v) is 7.58. The maximum Gasteiger partial charge on any atom is 0.229 e. The normalized spacial score (nSPS) is 29.4. The van der Waals surface area contributed by atoms with Crippen LogP contribution in [0.1, 0.15) is 24.1 Å². The van der Waals surface area contributed by atoms with Crippen molar-refractivity contribution in [2.24, 2.45) is 5.41 Å². The first-order valence-electron chi connectivity index (χ1n) is 6.70. The number of carbonyl (C=O) groups excluding carboxylic acids is 1. The zero-order chi connectivity index (χ0) is 12.6. The molecule has 2 saturated heterocycles. The van der Waals surface area contributed by atoms with Crippen LogP contribution in [-0.4, -0.2) is 42.4 Å². The van der Waals surface area contributed by atoms with Gasteiger partial charge in [0.25, 0.3) is 0 Å². The summed E-state index contributed by atoms with van der Waals surface area (Å²) in [5.74, 6) is 0.373. The Kier molecular flexibility index (Phi) is 3.16. The molecule has 0 aliphatic carbocycles. The lowest BCUT2D eigenvalue weighted by atomic mass is 9.78. The van der Waals surface area contributed by atoms with E-state index in [-0.39, 0.29) is 5.41 Å². The summed E-state index contributed by atoms with van der Waals surface area (Å²) in [5, 5.41) is 2.13. The number of piperidine rings is 1. The Hall–Kier alpha value is -0.870. The largest absolute Gasteiger partial charge is 0.345 e. The molecule has 3 rings (SSSR count). The molecular weight excluding hydrogens is 244 g/mol. The van der Waals surface area contributed by atoms with Crippen molar-refractivity contribution < 1.29 is 4.79 Å². The van der Waals surface area contributed by atoms with Gasteiger partial charge >= 0.3 is 0 Å². The second kappa shape index (κ2) is 4.67. The lowest BCUT2D eigenvalue weighted by Crippen LogP contribution is -2.46. The molecule has 1 aromatic heterocycles. The lowest BCUT2D eigenvalue weighted by Gasteiger charge is -2.38. The van der Waals surface area contributed by atoms with Crippen molar-refractivity contribution in [2.75, 3.05) is 26.7 Å². The van der Waals surface area contributed by atoms with E-state index in [0.29, 0.717) is 5.91 Å². The molecule has 2 aliphatic rings. The minimum atomic E-state index is -0.0652. The van der Waals surface area contributed by atoms with Gasteiger partial charge in [-0.2, -0.15) is 0 Å². The Labute approximate surface area is 112 Å². The van der Waals surface area contributed by atoms with Crippen LogP contribution in [0.15, 0.2) is 17.5 Å². The number of hydrogen-bond donors (Lipinski definition) is 0. The topological polar surface area (TPSA) is 23.6 Å². The van der Waals surface area contributed by atoms with Gasteiger partial charge in [-0.05, 0) is 37.3 Å². The molecule has 2 fully saturated rings. The number of hydrogen-bond acceptors (Lipinski definition) is 3. The van der Waals surface area contributed by atoms with Gasteiger partial charge in [0, 0.05) is 31.6 Å². The van der Waals surface area contributed by atoms with E-state index < -0.39 is 0 Å². The highest BCUT2D eigenvalue weighted by Gasteiger charge is 2.47. The van der Waals surface area contributed by atoms with Gasteiger partial charge in [0.2, 0.25) is 5.91 Å². The molecule has 2 aliphatic heterocycles. The van der Waals surface area contributed by atoms with E-state index >= 15 is 0 Å². The second-order valence-electron chi connectivity index (χ2n) is 5.65. The van der Waals surface area contributed by atoms with Crippen molar-refractivity contribution in [1.82, 2.24) is 9.80 Å². The molecule has 18 heavy (non-hydrogen) atoms. The summed E-state index contributed by atoms with van der Waals surface area (Å²) in [4.78, 5) is 18.1. The van der Waals surface area contributed by atoms with E-state index in [2.05, 4.69) is 22.4 Å². The smallest absolute Gasteiger partial charge is 0.229 e. The predicted molar refractivity (Wildman–Crippen MR) is 73.5 cm³/mol. The number of nitrogens with zero attached hydrogens (tertiary/aromatic N) is 2. The van der Waals surface area contributed by atoms with E-state index in [1.54, 1.807) is 0 Å². The van der Waals surface area contributed by atoms with Gasteiger partial charge in [0.15, 0.2) is 0 Å². The van der Waals surface area contributed by atoms with Crippen LogP contribution in [0.25, 0.3) is 0 Å². The average Bonchev–Trinajstić information content (AvgIpc) is 2.96. The van der Waals surface area contributed by atoms with Crippen LogP contribution in [0.4, 0.5) is 0 Å². The Morgan fingerprint density at radius 2 is 2.28 bits per heavy atom. The summed E-state index contributed by atoms with van der Waals surface area (Å²) in [5.41, 5.74) is -0.0652. The minimum Gasteiger partial charge on any atom is -0.345 e. The molecule has 1 spiro atoms. The third-order valence-corrected chi connectivity index (χ3v) is 5.20. The summed E-state index contributed by atoms with van der Waals surface area (Å²) in [6.07, 6.45) is 3.28. The molecular formula is C14H20N2OS. The standard InChI is InChI=1S/C14H20N2OS/c1-15-8-6-14(13(15)17)5-3-7-16(11-14)10-12-4-2-9-18-12/h2,4,9H,3,5-8,10-11H2,1H3/t14-/m0/s1. The highest BCUT2D eigenvalue weighted by atomic mass is 32.1. The van der Waals surface area contributed by atoms with Crippen LogP contribution in [0, 0.1) is 5.41 Å². The van der Waals surface area contributed by atoms with Gasteiger partial charge in [-0.1, -0.05) is 6.07 Å². The summed E-state index contributed by atoms with van der Waals surface area (Å²) in [7, 11) is 1.94. The molecule has 3 heterocycles. The maximum absolute atomic E-state index is 12.3. The fourth-order valence-electron chi connectivity index (χ4n) is 3.36. The summed E-state index contributed by atoms with van der Waals surface area (Å²) >= 11 is 1.81. The zero-order valence-electron chi connectivity index (χ0n) is 10.9. The molecule has 4 heteroatoms. The molecule has 3 nitrogen and oxygen atoms in total. The molecule has 0 radical (unpaired) electrons. The van der Waals surface area contributed by atoms with Gasteiger partial charge in [0.1, 0.15) is 0 Å². The van der Waals surface area contributed by atoms with E-state index in [4.69, 9.17) is 0 Å². The predicted octanol–water partition coefficient (Wildman–Crippen LogP) is 2.19. The molecule has 0 saturated carbocycles. The Morgan fingerprint density at radius 3 is 2.94 bits per heavy atom. The van der Waals surface area contributed by atoms with E-state index in [0.717, 1.165) is 45.4 Å². The Morgan fingerprint density at radius 1 is 1.39 bits per heavy atom. The first-order chi connectivity index (χ1) is 8.70. The third kappa shape index (κ3) is 2.08. The number of rotatable bonds is 2. The fourth-order valence-corrected chi connectivity index (χ4v) is 4.10. The Balaban J connectivity index is 1.70. The van der Waals surface area contributed by atoms with E-state index in [9.17, 15) is 4.79 Å². The minimum absolute atomic E-state index is 0.0652. The molecule has 0 aromatic carbocycles.